The molecular formula is C12H9ClN2O. The summed E-state index contributed by atoms with van der Waals surface area (Å²) in [6.07, 6.45) is 1.16. The van der Waals surface area contributed by atoms with Gasteiger partial charge < -0.3 is 4.74 Å². The normalized spacial score (nSPS) is 12.1. The minimum absolute atomic E-state index is 0.508. The molecule has 2 aromatic rings. The monoisotopic (exact) mass is 232 g/mol. The highest BCUT2D eigenvalue weighted by Gasteiger charge is 2.09. The zero-order valence-electron chi connectivity index (χ0n) is 8.64. The van der Waals surface area contributed by atoms with E-state index in [-0.39, 0.29) is 0 Å². The second-order valence-corrected chi connectivity index (χ2v) is 3.74. The second-order valence-electron chi connectivity index (χ2n) is 3.33. The van der Waals surface area contributed by atoms with Crippen LogP contribution < -0.4 is 4.74 Å². The molecule has 0 amide bonds. The third-order valence-corrected chi connectivity index (χ3v) is 2.49. The number of halogens is 1. The van der Waals surface area contributed by atoms with E-state index in [1.54, 1.807) is 25.3 Å². The summed E-state index contributed by atoms with van der Waals surface area (Å²) in [5.41, 5.74) is 0.678. The van der Waals surface area contributed by atoms with Gasteiger partial charge in [-0.3, -0.25) is 4.98 Å². The number of ether oxygens (including phenoxy) is 1. The minimum atomic E-state index is -0.508. The van der Waals surface area contributed by atoms with Crippen LogP contribution in [0.3, 0.4) is 0 Å². The van der Waals surface area contributed by atoms with Crippen LogP contribution in [0, 0.1) is 11.3 Å². The van der Waals surface area contributed by atoms with E-state index in [2.05, 4.69) is 4.98 Å². The quantitative estimate of drug-likeness (QED) is 0.799. The van der Waals surface area contributed by atoms with Crippen LogP contribution in [-0.2, 0) is 0 Å². The number of fused-ring (bicyclic) bond motifs is 1. The molecule has 1 aromatic heterocycles. The van der Waals surface area contributed by atoms with Gasteiger partial charge in [-0.15, -0.1) is 0 Å². The van der Waals surface area contributed by atoms with Gasteiger partial charge in [0.2, 0.25) is 0 Å². The predicted molar refractivity (Wildman–Crippen MR) is 62.5 cm³/mol. The zero-order valence-corrected chi connectivity index (χ0v) is 9.40. The van der Waals surface area contributed by atoms with Crippen molar-refractivity contribution in [3.05, 3.63) is 35.5 Å². The standard InChI is InChI=1S/C12H9ClN2O/c1-8(7-14)16-11-5-4-10(13)9-3-2-6-15-12(9)11/h2-6,8H,1H3. The number of hydrogen-bond donors (Lipinski definition) is 0. The Kier molecular flexibility index (Phi) is 2.93. The molecule has 1 aromatic carbocycles. The SMILES string of the molecule is CC(C#N)Oc1ccc(Cl)c2cccnc12. The van der Waals surface area contributed by atoms with E-state index in [0.717, 1.165) is 5.39 Å². The lowest BCUT2D eigenvalue weighted by molar-refractivity contribution is 0.279. The molecule has 0 fully saturated rings. The molecule has 80 valence electrons. The number of rotatable bonds is 2. The molecule has 1 unspecified atom stereocenters. The number of nitriles is 1. The van der Waals surface area contributed by atoms with E-state index >= 15 is 0 Å². The average molecular weight is 233 g/mol. The molecule has 16 heavy (non-hydrogen) atoms. The van der Waals surface area contributed by atoms with Gasteiger partial charge in [-0.2, -0.15) is 5.26 Å². The van der Waals surface area contributed by atoms with Gasteiger partial charge in [0.05, 0.1) is 5.02 Å². The summed E-state index contributed by atoms with van der Waals surface area (Å²) in [4.78, 5) is 4.21. The lowest BCUT2D eigenvalue weighted by Gasteiger charge is -2.10. The lowest BCUT2D eigenvalue weighted by atomic mass is 10.2. The number of hydrogen-bond acceptors (Lipinski definition) is 3. The molecular weight excluding hydrogens is 224 g/mol. The number of nitrogens with zero attached hydrogens (tertiary/aromatic N) is 2. The van der Waals surface area contributed by atoms with Crippen molar-refractivity contribution < 1.29 is 4.74 Å². The van der Waals surface area contributed by atoms with Crippen LogP contribution in [0.4, 0.5) is 0 Å². The molecule has 0 saturated carbocycles. The van der Waals surface area contributed by atoms with E-state index < -0.39 is 6.10 Å². The van der Waals surface area contributed by atoms with Crippen molar-refractivity contribution in [2.24, 2.45) is 0 Å². The summed E-state index contributed by atoms with van der Waals surface area (Å²) < 4.78 is 5.45. The van der Waals surface area contributed by atoms with Gasteiger partial charge >= 0.3 is 0 Å². The van der Waals surface area contributed by atoms with Crippen LogP contribution in [0.2, 0.25) is 5.02 Å². The highest BCUT2D eigenvalue weighted by Crippen LogP contribution is 2.29. The third-order valence-electron chi connectivity index (χ3n) is 2.16. The van der Waals surface area contributed by atoms with E-state index in [0.29, 0.717) is 16.3 Å². The van der Waals surface area contributed by atoms with Crippen molar-refractivity contribution in [2.45, 2.75) is 13.0 Å². The molecule has 4 heteroatoms. The van der Waals surface area contributed by atoms with Crippen LogP contribution >= 0.6 is 11.6 Å². The Bertz CT molecular complexity index is 562. The number of aromatic nitrogens is 1. The largest absolute Gasteiger partial charge is 0.474 e. The second kappa shape index (κ2) is 4.38. The van der Waals surface area contributed by atoms with E-state index in [1.807, 2.05) is 18.2 Å². The smallest absolute Gasteiger partial charge is 0.181 e. The Hall–Kier alpha value is -1.79. The maximum Gasteiger partial charge on any atom is 0.181 e. The molecule has 0 aliphatic rings. The highest BCUT2D eigenvalue weighted by molar-refractivity contribution is 6.35. The molecule has 0 radical (unpaired) electrons. The van der Waals surface area contributed by atoms with Gasteiger partial charge in [0.1, 0.15) is 17.3 Å². The van der Waals surface area contributed by atoms with Crippen molar-refractivity contribution in [1.29, 1.82) is 5.26 Å². The topological polar surface area (TPSA) is 45.9 Å². The first-order valence-electron chi connectivity index (χ1n) is 4.82. The molecule has 0 saturated heterocycles. The first kappa shape index (κ1) is 10.7. The fourth-order valence-corrected chi connectivity index (χ4v) is 1.64. The van der Waals surface area contributed by atoms with Crippen LogP contribution in [0.25, 0.3) is 10.9 Å². The number of pyridine rings is 1. The van der Waals surface area contributed by atoms with Crippen LogP contribution in [-0.4, -0.2) is 11.1 Å². The highest BCUT2D eigenvalue weighted by atomic mass is 35.5. The molecule has 0 aliphatic heterocycles. The van der Waals surface area contributed by atoms with Crippen molar-refractivity contribution in [1.82, 2.24) is 4.98 Å². The Labute approximate surface area is 98.2 Å². The van der Waals surface area contributed by atoms with Crippen molar-refractivity contribution in [2.75, 3.05) is 0 Å². The molecule has 2 rings (SSSR count). The fraction of sp³-hybridized carbons (Fsp3) is 0.167. The van der Waals surface area contributed by atoms with Gasteiger partial charge in [-0.05, 0) is 31.2 Å². The maximum absolute atomic E-state index is 8.70. The summed E-state index contributed by atoms with van der Waals surface area (Å²) in [6, 6.07) is 9.16. The summed E-state index contributed by atoms with van der Waals surface area (Å²) in [5, 5.41) is 10.2. The summed E-state index contributed by atoms with van der Waals surface area (Å²) in [5.74, 6) is 0.578. The lowest BCUT2D eigenvalue weighted by Crippen LogP contribution is -2.08. The first-order valence-corrected chi connectivity index (χ1v) is 5.19. The van der Waals surface area contributed by atoms with Crippen LogP contribution in [0.1, 0.15) is 6.92 Å². The van der Waals surface area contributed by atoms with Gasteiger partial charge in [0.15, 0.2) is 6.10 Å². The van der Waals surface area contributed by atoms with Gasteiger partial charge in [-0.1, -0.05) is 11.6 Å². The Balaban J connectivity index is 2.55. The summed E-state index contributed by atoms with van der Waals surface area (Å²) in [7, 11) is 0. The summed E-state index contributed by atoms with van der Waals surface area (Å²) in [6.45, 7) is 1.68. The fourth-order valence-electron chi connectivity index (χ4n) is 1.42. The Morgan fingerprint density at radius 2 is 2.25 bits per heavy atom. The van der Waals surface area contributed by atoms with Crippen LogP contribution in [0.15, 0.2) is 30.5 Å². The molecule has 0 spiro atoms. The van der Waals surface area contributed by atoms with Crippen molar-refractivity contribution in [3.63, 3.8) is 0 Å². The third kappa shape index (κ3) is 1.93. The van der Waals surface area contributed by atoms with Crippen molar-refractivity contribution >= 4 is 22.5 Å². The molecule has 0 bridgehead atoms. The molecule has 3 nitrogen and oxygen atoms in total. The zero-order chi connectivity index (χ0) is 11.5. The molecule has 1 heterocycles. The van der Waals surface area contributed by atoms with Crippen molar-refractivity contribution in [3.8, 4) is 11.8 Å². The molecule has 0 aliphatic carbocycles. The maximum atomic E-state index is 8.70. The predicted octanol–water partition coefficient (Wildman–Crippen LogP) is 3.18. The summed E-state index contributed by atoms with van der Waals surface area (Å²) >= 11 is 6.04. The molecule has 0 N–H and O–H groups in total. The van der Waals surface area contributed by atoms with Crippen LogP contribution in [0.5, 0.6) is 5.75 Å². The molecule has 1 atom stereocenters. The average Bonchev–Trinajstić information content (AvgIpc) is 2.33. The Morgan fingerprint density at radius 3 is 3.00 bits per heavy atom. The van der Waals surface area contributed by atoms with Gasteiger partial charge in [0.25, 0.3) is 0 Å². The number of benzene rings is 1. The van der Waals surface area contributed by atoms with E-state index in [1.165, 1.54) is 0 Å². The van der Waals surface area contributed by atoms with E-state index in [4.69, 9.17) is 21.6 Å². The minimum Gasteiger partial charge on any atom is -0.474 e. The van der Waals surface area contributed by atoms with E-state index in [9.17, 15) is 0 Å². The van der Waals surface area contributed by atoms with Gasteiger partial charge in [-0.25, -0.2) is 0 Å². The first-order chi connectivity index (χ1) is 7.72. The Morgan fingerprint density at radius 1 is 1.44 bits per heavy atom. The van der Waals surface area contributed by atoms with Gasteiger partial charge in [0, 0.05) is 11.6 Å².